The molecule has 1 saturated carbocycles. The Bertz CT molecular complexity index is 1100. The third-order valence-electron chi connectivity index (χ3n) is 6.16. The van der Waals surface area contributed by atoms with Crippen LogP contribution in [0.4, 0.5) is 18.9 Å². The summed E-state index contributed by atoms with van der Waals surface area (Å²) >= 11 is 0. The van der Waals surface area contributed by atoms with Gasteiger partial charge in [0, 0.05) is 42.0 Å². The van der Waals surface area contributed by atoms with Gasteiger partial charge in [0.15, 0.2) is 0 Å². The number of halogens is 3. The summed E-state index contributed by atoms with van der Waals surface area (Å²) in [6.45, 7) is 2.37. The SMILES string of the molecule is COc1ccc2c(CN3CN(c4ccc(OC(F)(F)F)cc4)CC34CC4)ccnc2c1. The van der Waals surface area contributed by atoms with Gasteiger partial charge in [-0.15, -0.1) is 13.2 Å². The third kappa shape index (κ3) is 3.99. The van der Waals surface area contributed by atoms with E-state index in [0.29, 0.717) is 0 Å². The summed E-state index contributed by atoms with van der Waals surface area (Å²) < 4.78 is 46.5. The second-order valence-corrected chi connectivity index (χ2v) is 8.16. The van der Waals surface area contributed by atoms with Gasteiger partial charge in [0.1, 0.15) is 11.5 Å². The molecule has 2 heterocycles. The van der Waals surface area contributed by atoms with E-state index in [2.05, 4.69) is 25.6 Å². The summed E-state index contributed by atoms with van der Waals surface area (Å²) in [4.78, 5) is 9.16. The molecule has 3 aromatic rings. The van der Waals surface area contributed by atoms with Gasteiger partial charge in [-0.2, -0.15) is 0 Å². The van der Waals surface area contributed by atoms with Crippen molar-refractivity contribution < 1.29 is 22.6 Å². The molecule has 0 bridgehead atoms. The molecule has 0 unspecified atom stereocenters. The maximum absolute atomic E-state index is 12.4. The van der Waals surface area contributed by atoms with E-state index in [1.165, 1.54) is 17.7 Å². The van der Waals surface area contributed by atoms with Gasteiger partial charge >= 0.3 is 6.36 Å². The lowest BCUT2D eigenvalue weighted by molar-refractivity contribution is -0.274. The summed E-state index contributed by atoms with van der Waals surface area (Å²) in [5, 5.41) is 1.10. The van der Waals surface area contributed by atoms with Gasteiger partial charge in [0.2, 0.25) is 0 Å². The van der Waals surface area contributed by atoms with E-state index in [4.69, 9.17) is 4.74 Å². The van der Waals surface area contributed by atoms with E-state index >= 15 is 0 Å². The Morgan fingerprint density at radius 2 is 1.77 bits per heavy atom. The van der Waals surface area contributed by atoms with Crippen molar-refractivity contribution in [3.8, 4) is 11.5 Å². The van der Waals surface area contributed by atoms with Crippen LogP contribution in [0.2, 0.25) is 0 Å². The molecule has 0 atom stereocenters. The molecule has 1 saturated heterocycles. The van der Waals surface area contributed by atoms with Crippen molar-refractivity contribution in [2.45, 2.75) is 31.3 Å². The molecular formula is C23H22F3N3O2. The molecule has 31 heavy (non-hydrogen) atoms. The Balaban J connectivity index is 1.35. The zero-order valence-electron chi connectivity index (χ0n) is 17.0. The summed E-state index contributed by atoms with van der Waals surface area (Å²) in [5.41, 5.74) is 3.13. The van der Waals surface area contributed by atoms with Crippen LogP contribution >= 0.6 is 0 Å². The van der Waals surface area contributed by atoms with Gasteiger partial charge in [0.05, 0.1) is 19.3 Å². The lowest BCUT2D eigenvalue weighted by atomic mass is 10.1. The van der Waals surface area contributed by atoms with Crippen molar-refractivity contribution in [2.24, 2.45) is 0 Å². The average Bonchev–Trinajstić information content (AvgIpc) is 3.43. The topological polar surface area (TPSA) is 37.8 Å². The number of anilines is 1. The average molecular weight is 429 g/mol. The number of aromatic nitrogens is 1. The summed E-state index contributed by atoms with van der Waals surface area (Å²) in [6.07, 6.45) is -0.615. The minimum absolute atomic E-state index is 0.128. The third-order valence-corrected chi connectivity index (χ3v) is 6.16. The molecule has 5 rings (SSSR count). The first kappa shape index (κ1) is 19.9. The molecular weight excluding hydrogens is 407 g/mol. The number of rotatable bonds is 5. The fraction of sp³-hybridized carbons (Fsp3) is 0.348. The molecule has 0 N–H and O–H groups in total. The molecule has 2 fully saturated rings. The summed E-state index contributed by atoms with van der Waals surface area (Å²) in [5.74, 6) is 0.577. The monoisotopic (exact) mass is 429 g/mol. The molecule has 1 aliphatic heterocycles. The van der Waals surface area contributed by atoms with Crippen molar-refractivity contribution in [2.75, 3.05) is 25.2 Å². The van der Waals surface area contributed by atoms with Crippen LogP contribution in [0.25, 0.3) is 10.9 Å². The van der Waals surface area contributed by atoms with Crippen molar-refractivity contribution in [1.82, 2.24) is 9.88 Å². The van der Waals surface area contributed by atoms with E-state index in [1.807, 2.05) is 24.4 Å². The number of benzene rings is 2. The van der Waals surface area contributed by atoms with Crippen LogP contribution in [0.15, 0.2) is 54.7 Å². The molecule has 1 aliphatic carbocycles. The fourth-order valence-electron chi connectivity index (χ4n) is 4.39. The van der Waals surface area contributed by atoms with Crippen LogP contribution in [-0.4, -0.2) is 42.1 Å². The van der Waals surface area contributed by atoms with Crippen molar-refractivity contribution >= 4 is 16.6 Å². The highest BCUT2D eigenvalue weighted by atomic mass is 19.4. The van der Waals surface area contributed by atoms with Gasteiger partial charge in [-0.1, -0.05) is 0 Å². The van der Waals surface area contributed by atoms with E-state index in [0.717, 1.165) is 54.9 Å². The molecule has 2 aliphatic rings. The van der Waals surface area contributed by atoms with E-state index in [1.54, 1.807) is 19.2 Å². The van der Waals surface area contributed by atoms with Gasteiger partial charge in [-0.3, -0.25) is 9.88 Å². The van der Waals surface area contributed by atoms with E-state index in [-0.39, 0.29) is 11.3 Å². The Morgan fingerprint density at radius 3 is 2.45 bits per heavy atom. The van der Waals surface area contributed by atoms with Gasteiger partial charge in [0.25, 0.3) is 0 Å². The second kappa shape index (κ2) is 7.30. The van der Waals surface area contributed by atoms with Crippen LogP contribution < -0.4 is 14.4 Å². The van der Waals surface area contributed by atoms with Crippen LogP contribution in [0.1, 0.15) is 18.4 Å². The minimum atomic E-state index is -4.68. The maximum atomic E-state index is 12.4. The fourth-order valence-corrected chi connectivity index (χ4v) is 4.39. The van der Waals surface area contributed by atoms with Crippen molar-refractivity contribution in [1.29, 1.82) is 0 Å². The second-order valence-electron chi connectivity index (χ2n) is 8.16. The Kier molecular flexibility index (Phi) is 4.69. The van der Waals surface area contributed by atoms with E-state index in [9.17, 15) is 13.2 Å². The highest BCUT2D eigenvalue weighted by Gasteiger charge is 2.53. The zero-order valence-corrected chi connectivity index (χ0v) is 17.0. The normalized spacial score (nSPS) is 18.0. The number of ether oxygens (including phenoxy) is 2. The van der Waals surface area contributed by atoms with Crippen LogP contribution in [0.3, 0.4) is 0 Å². The Labute approximate surface area is 178 Å². The summed E-state index contributed by atoms with van der Waals surface area (Å²) in [6, 6.07) is 14.1. The first-order valence-electron chi connectivity index (χ1n) is 10.1. The quantitative estimate of drug-likeness (QED) is 0.574. The number of fused-ring (bicyclic) bond motifs is 1. The molecule has 162 valence electrons. The van der Waals surface area contributed by atoms with E-state index < -0.39 is 6.36 Å². The first-order valence-corrected chi connectivity index (χ1v) is 10.1. The molecule has 1 aromatic heterocycles. The predicted molar refractivity (Wildman–Crippen MR) is 111 cm³/mol. The number of alkyl halides is 3. The molecule has 1 spiro atoms. The number of hydrogen-bond donors (Lipinski definition) is 0. The number of hydrogen-bond acceptors (Lipinski definition) is 5. The predicted octanol–water partition coefficient (Wildman–Crippen LogP) is 4.95. The first-order chi connectivity index (χ1) is 14.9. The number of pyridine rings is 1. The standard InChI is InChI=1S/C23H22F3N3O2/c1-30-19-6-7-20-16(8-11-27-21(20)12-19)13-29-15-28(14-22(29)9-10-22)17-2-4-18(5-3-17)31-23(24,25)26/h2-8,11-12H,9-10,13-15H2,1H3. The van der Waals surface area contributed by atoms with Crippen molar-refractivity contribution in [3.63, 3.8) is 0 Å². The highest BCUT2D eigenvalue weighted by Crippen LogP contribution is 2.48. The molecule has 0 radical (unpaired) electrons. The molecule has 0 amide bonds. The van der Waals surface area contributed by atoms with Crippen LogP contribution in [0.5, 0.6) is 11.5 Å². The van der Waals surface area contributed by atoms with Crippen LogP contribution in [0, 0.1) is 0 Å². The maximum Gasteiger partial charge on any atom is 0.573 e. The Hall–Kier alpha value is -3.00. The highest BCUT2D eigenvalue weighted by molar-refractivity contribution is 5.83. The molecule has 5 nitrogen and oxygen atoms in total. The smallest absolute Gasteiger partial charge is 0.497 e. The molecule has 2 aromatic carbocycles. The summed E-state index contributed by atoms with van der Waals surface area (Å²) in [7, 11) is 1.64. The van der Waals surface area contributed by atoms with Gasteiger partial charge in [-0.25, -0.2) is 0 Å². The number of methoxy groups -OCH3 is 1. The van der Waals surface area contributed by atoms with Crippen molar-refractivity contribution in [3.05, 3.63) is 60.3 Å². The lowest BCUT2D eigenvalue weighted by Crippen LogP contribution is -2.32. The minimum Gasteiger partial charge on any atom is -0.497 e. The zero-order chi connectivity index (χ0) is 21.6. The Morgan fingerprint density at radius 1 is 1.03 bits per heavy atom. The largest absolute Gasteiger partial charge is 0.573 e. The van der Waals surface area contributed by atoms with Gasteiger partial charge < -0.3 is 14.4 Å². The van der Waals surface area contributed by atoms with Gasteiger partial charge in [-0.05, 0) is 60.9 Å². The number of nitrogens with zero attached hydrogens (tertiary/aromatic N) is 3. The lowest BCUT2D eigenvalue weighted by Gasteiger charge is -2.23. The molecule has 8 heteroatoms. The van der Waals surface area contributed by atoms with Crippen LogP contribution in [-0.2, 0) is 6.54 Å².